The first-order valence-corrected chi connectivity index (χ1v) is 30.1. The first-order valence-electron chi connectivity index (χ1n) is 30.1. The van der Waals surface area contributed by atoms with E-state index in [1.165, 1.54) is 220 Å². The van der Waals surface area contributed by atoms with E-state index in [9.17, 15) is 0 Å². The van der Waals surface area contributed by atoms with Crippen LogP contribution in [-0.4, -0.2) is 39.9 Å². The fourth-order valence-electron chi connectivity index (χ4n) is 16.2. The largest absolute Gasteiger partial charge is 0.361 e. The lowest BCUT2D eigenvalue weighted by Gasteiger charge is -2.40. The fraction of sp³-hybridized carbons (Fsp3) is 0.529. The first kappa shape index (κ1) is 49.8. The molecule has 0 unspecified atom stereocenters. The van der Waals surface area contributed by atoms with Gasteiger partial charge in [-0.25, -0.2) is 0 Å². The Balaban J connectivity index is 0.000000154. The van der Waals surface area contributed by atoms with E-state index in [-0.39, 0.29) is 43.3 Å². The molecule has 0 amide bonds. The molecule has 16 bridgehead atoms. The number of rotatable bonds is 0. The molecule has 6 aliphatic rings. The van der Waals surface area contributed by atoms with Crippen LogP contribution in [0, 0.1) is 0 Å². The zero-order chi connectivity index (χ0) is 52.4. The van der Waals surface area contributed by atoms with E-state index in [0.29, 0.717) is 0 Å². The summed E-state index contributed by atoms with van der Waals surface area (Å²) in [6.45, 7) is 18.2. The van der Waals surface area contributed by atoms with Crippen molar-refractivity contribution in [2.24, 2.45) is 0 Å². The third-order valence-corrected chi connectivity index (χ3v) is 21.8. The fourth-order valence-corrected chi connectivity index (χ4v) is 16.2. The predicted octanol–water partition coefficient (Wildman–Crippen LogP) is 16.9. The number of hydrogen-bond acceptors (Lipinski definition) is 0. The summed E-state index contributed by atoms with van der Waals surface area (Å²) in [5.74, 6) is 0. The smallest absolute Gasteiger partial charge is 0.0503 e. The van der Waals surface area contributed by atoms with Crippen molar-refractivity contribution in [3.63, 3.8) is 0 Å². The van der Waals surface area contributed by atoms with Crippen molar-refractivity contribution < 1.29 is 0 Å². The quantitative estimate of drug-likeness (QED) is 0.0737. The minimum absolute atomic E-state index is 0.0471. The standard InChI is InChI=1S/C40H52N4.C28H36N4/c1-5-21-37(22-6-1)29-13-15-31(41-29)38(23-7-2-8-24-38)33-17-19-35(43-33)40(27-11-4-12-28-40)36-20-18-34(44-36)39(25-9-3-10-26-39)32-16-14-30(37)42-32;1-25(2)17-9-11-19(29-17)26(3,4)21-13-15-23(31-21)28(7,8)24-16-14-22(32-24)27(5,6)20-12-10-18(25)30-20/h13-20,41-44H,1-12,21-28H2;9-16,29-32H,1-8H3. The Morgan fingerprint density at radius 1 is 0.184 bits per heavy atom. The molecule has 76 heavy (non-hydrogen) atoms. The monoisotopic (exact) mass is 1020 g/mol. The van der Waals surface area contributed by atoms with E-state index in [2.05, 4.69) is 192 Å². The molecule has 8 N–H and O–H groups in total. The molecule has 0 aromatic carbocycles. The van der Waals surface area contributed by atoms with Crippen LogP contribution in [0.25, 0.3) is 0 Å². The zero-order valence-electron chi connectivity index (χ0n) is 47.4. The van der Waals surface area contributed by atoms with Crippen LogP contribution in [-0.2, 0) is 43.3 Å². The molecule has 400 valence electrons. The molecule has 10 heterocycles. The lowest BCUT2D eigenvalue weighted by molar-refractivity contribution is 0.308. The summed E-state index contributed by atoms with van der Waals surface area (Å²) in [6.07, 6.45) is 25.7. The van der Waals surface area contributed by atoms with Crippen LogP contribution in [0.1, 0.15) is 275 Å². The second-order valence-electron chi connectivity index (χ2n) is 27.4. The van der Waals surface area contributed by atoms with Crippen LogP contribution < -0.4 is 0 Å². The van der Waals surface area contributed by atoms with Gasteiger partial charge in [0, 0.05) is 113 Å². The Hall–Kier alpha value is -5.76. The lowest BCUT2D eigenvalue weighted by Crippen LogP contribution is -2.36. The van der Waals surface area contributed by atoms with Gasteiger partial charge >= 0.3 is 0 Å². The Kier molecular flexibility index (Phi) is 11.7. The summed E-state index contributed by atoms with van der Waals surface area (Å²) in [5, 5.41) is 0. The van der Waals surface area contributed by atoms with Gasteiger partial charge in [-0.15, -0.1) is 0 Å². The predicted molar refractivity (Wildman–Crippen MR) is 310 cm³/mol. The normalized spacial score (nSPS) is 23.1. The Morgan fingerprint density at radius 2 is 0.303 bits per heavy atom. The molecule has 8 nitrogen and oxygen atoms in total. The highest BCUT2D eigenvalue weighted by Gasteiger charge is 2.47. The van der Waals surface area contributed by atoms with E-state index in [0.717, 1.165) is 0 Å². The van der Waals surface area contributed by atoms with Gasteiger partial charge in [0.05, 0.1) is 21.7 Å². The SMILES string of the molecule is CC1(C)c2ccc([nH]2)C(C)(C)c2ccc([nH]2)C(C)(C)c2ccc([nH]2)C(C)(C)c2ccc1[nH]2.c1cc2[nH]c1C1(CCCCC1)c1ccc([nH]1)C1(CCCCC1)c1ccc([nH]1)C1(CCCCC1)c1ccc([nH]1)C21CCCCC1. The van der Waals surface area contributed by atoms with Gasteiger partial charge in [0.2, 0.25) is 0 Å². The summed E-state index contributed by atoms with van der Waals surface area (Å²) in [6, 6.07) is 37.9. The lowest BCUT2D eigenvalue weighted by atomic mass is 9.69. The van der Waals surface area contributed by atoms with E-state index in [1.54, 1.807) is 0 Å². The van der Waals surface area contributed by atoms with Gasteiger partial charge < -0.3 is 39.9 Å². The van der Waals surface area contributed by atoms with Crippen LogP contribution >= 0.6 is 0 Å². The molecule has 4 fully saturated rings. The van der Waals surface area contributed by atoms with E-state index < -0.39 is 0 Å². The highest BCUT2D eigenvalue weighted by Crippen LogP contribution is 2.53. The summed E-state index contributed by atoms with van der Waals surface area (Å²) < 4.78 is 0. The van der Waals surface area contributed by atoms with Crippen molar-refractivity contribution in [2.75, 3.05) is 0 Å². The summed E-state index contributed by atoms with van der Waals surface area (Å²) in [7, 11) is 0. The highest BCUT2D eigenvalue weighted by molar-refractivity contribution is 5.48. The number of hydrogen-bond donors (Lipinski definition) is 8. The minimum Gasteiger partial charge on any atom is -0.361 e. The number of aromatic nitrogens is 8. The van der Waals surface area contributed by atoms with Gasteiger partial charge in [0.1, 0.15) is 0 Å². The van der Waals surface area contributed by atoms with Crippen molar-refractivity contribution in [3.8, 4) is 0 Å². The first-order chi connectivity index (χ1) is 36.5. The average molecular weight is 1020 g/mol. The van der Waals surface area contributed by atoms with Gasteiger partial charge in [0.25, 0.3) is 0 Å². The number of fused-ring (bicyclic) bond motifs is 24. The molecule has 0 radical (unpaired) electrons. The van der Waals surface area contributed by atoms with Crippen molar-refractivity contribution in [1.29, 1.82) is 0 Å². The van der Waals surface area contributed by atoms with Crippen LogP contribution in [0.5, 0.6) is 0 Å². The molecule has 4 spiro atoms. The van der Waals surface area contributed by atoms with Crippen molar-refractivity contribution in [2.45, 2.75) is 227 Å². The highest BCUT2D eigenvalue weighted by atomic mass is 14.9. The van der Waals surface area contributed by atoms with Crippen LogP contribution in [0.4, 0.5) is 0 Å². The van der Waals surface area contributed by atoms with Crippen molar-refractivity contribution in [3.05, 3.63) is 188 Å². The number of nitrogens with one attached hydrogen (secondary N) is 8. The molecule has 4 saturated carbocycles. The van der Waals surface area contributed by atoms with Crippen LogP contribution in [0.15, 0.2) is 97.1 Å². The Bertz CT molecular complexity index is 2710. The molecule has 8 heteroatoms. The van der Waals surface area contributed by atoms with Crippen LogP contribution in [0.3, 0.4) is 0 Å². The van der Waals surface area contributed by atoms with E-state index in [1.807, 2.05) is 0 Å². The Morgan fingerprint density at radius 3 is 0.447 bits per heavy atom. The van der Waals surface area contributed by atoms with Gasteiger partial charge in [0.15, 0.2) is 0 Å². The molecular weight excluding hydrogens is 929 g/mol. The molecular formula is C68H88N8. The Labute approximate surface area is 453 Å². The maximum absolute atomic E-state index is 4.21. The van der Waals surface area contributed by atoms with Gasteiger partial charge in [-0.2, -0.15) is 0 Å². The average Bonchev–Trinajstić information content (AvgIpc) is 4.30. The van der Waals surface area contributed by atoms with Gasteiger partial charge in [-0.3, -0.25) is 0 Å². The maximum Gasteiger partial charge on any atom is 0.0503 e. The molecule has 0 atom stereocenters. The molecule has 0 saturated heterocycles. The van der Waals surface area contributed by atoms with Gasteiger partial charge in [-0.1, -0.05) is 77.0 Å². The summed E-state index contributed by atoms with van der Waals surface area (Å²) in [5.41, 5.74) is 20.9. The zero-order valence-corrected chi connectivity index (χ0v) is 47.4. The number of aromatic amines is 8. The second-order valence-corrected chi connectivity index (χ2v) is 27.4. The molecule has 4 aliphatic carbocycles. The van der Waals surface area contributed by atoms with Crippen molar-refractivity contribution in [1.82, 2.24) is 39.9 Å². The molecule has 2 aliphatic heterocycles. The number of H-pyrrole nitrogens is 8. The molecule has 8 aromatic heterocycles. The second kappa shape index (κ2) is 17.9. The van der Waals surface area contributed by atoms with Crippen molar-refractivity contribution >= 4 is 0 Å². The summed E-state index contributed by atoms with van der Waals surface area (Å²) in [4.78, 5) is 31.9. The molecule has 8 aromatic rings. The summed E-state index contributed by atoms with van der Waals surface area (Å²) >= 11 is 0. The van der Waals surface area contributed by atoms with Gasteiger partial charge in [-0.05, 0) is 204 Å². The third kappa shape index (κ3) is 7.54. The third-order valence-electron chi connectivity index (χ3n) is 21.8. The molecule has 14 rings (SSSR count). The maximum atomic E-state index is 4.21. The van der Waals surface area contributed by atoms with E-state index in [4.69, 9.17) is 0 Å². The topological polar surface area (TPSA) is 126 Å². The minimum atomic E-state index is -0.163. The van der Waals surface area contributed by atoms with Crippen LogP contribution in [0.2, 0.25) is 0 Å². The van der Waals surface area contributed by atoms with E-state index >= 15 is 0 Å².